The van der Waals surface area contributed by atoms with E-state index in [4.69, 9.17) is 11.6 Å². The van der Waals surface area contributed by atoms with Crippen LogP contribution >= 0.6 is 11.6 Å². The molecule has 0 fully saturated rings. The molecule has 0 aliphatic carbocycles. The van der Waals surface area contributed by atoms with Crippen molar-refractivity contribution in [1.29, 1.82) is 0 Å². The maximum absolute atomic E-state index is 13.4. The topological polar surface area (TPSA) is 95.9 Å². The quantitative estimate of drug-likeness (QED) is 0.559. The van der Waals surface area contributed by atoms with E-state index >= 15 is 0 Å². The Hall–Kier alpha value is -2.88. The van der Waals surface area contributed by atoms with Gasteiger partial charge >= 0.3 is 0 Å². The third-order valence-electron chi connectivity index (χ3n) is 4.92. The molecule has 1 unspecified atom stereocenters. The fraction of sp³-hybridized carbons (Fsp3) is 0.136. The van der Waals surface area contributed by atoms with Crippen molar-refractivity contribution in [3.8, 4) is 0 Å². The van der Waals surface area contributed by atoms with E-state index in [0.29, 0.717) is 28.4 Å². The van der Waals surface area contributed by atoms with Crippen LogP contribution in [0.15, 0.2) is 88.9 Å². The van der Waals surface area contributed by atoms with Crippen LogP contribution in [0.5, 0.6) is 0 Å². The minimum atomic E-state index is -3.96. The zero-order valence-corrected chi connectivity index (χ0v) is 19.4. The van der Waals surface area contributed by atoms with Gasteiger partial charge in [-0.2, -0.15) is 17.9 Å². The smallest absolute Gasteiger partial charge is 0.279 e. The van der Waals surface area contributed by atoms with Gasteiger partial charge in [0.05, 0.1) is 22.9 Å². The third kappa shape index (κ3) is 4.79. The Labute approximate surface area is 192 Å². The van der Waals surface area contributed by atoms with Gasteiger partial charge in [-0.05, 0) is 41.5 Å². The molecule has 0 bridgehead atoms. The largest absolute Gasteiger partial charge is 0.284 e. The number of benzene rings is 3. The van der Waals surface area contributed by atoms with E-state index in [1.807, 2.05) is 30.3 Å². The van der Waals surface area contributed by atoms with E-state index in [1.54, 1.807) is 36.4 Å². The van der Waals surface area contributed by atoms with Gasteiger partial charge in [0.1, 0.15) is 0 Å². The predicted molar refractivity (Wildman–Crippen MR) is 126 cm³/mol. The van der Waals surface area contributed by atoms with Crippen LogP contribution in [-0.2, 0) is 20.0 Å². The van der Waals surface area contributed by atoms with Crippen molar-refractivity contribution in [3.05, 3.63) is 95.0 Å². The minimum absolute atomic E-state index is 0.0589. The molecule has 3 aromatic carbocycles. The van der Waals surface area contributed by atoms with Crippen molar-refractivity contribution >= 4 is 43.0 Å². The summed E-state index contributed by atoms with van der Waals surface area (Å²) in [7, 11) is -7.36. The van der Waals surface area contributed by atoms with Gasteiger partial charge in [-0.25, -0.2) is 8.42 Å². The molecular weight excluding hydrogens is 470 g/mol. The molecule has 1 heterocycles. The maximum Gasteiger partial charge on any atom is 0.279 e. The van der Waals surface area contributed by atoms with Crippen LogP contribution in [-0.4, -0.2) is 33.2 Å². The zero-order chi connectivity index (χ0) is 22.9. The molecule has 1 aliphatic rings. The van der Waals surface area contributed by atoms with Gasteiger partial charge in [-0.1, -0.05) is 60.1 Å². The first-order valence-corrected chi connectivity index (χ1v) is 13.3. The second-order valence-corrected chi connectivity index (χ2v) is 11.3. The SMILES string of the molecule is CS(=O)(=O)Nc1ccc(C2=NN(S(=O)(=O)c3cccc(Cl)c3)C(c3ccccc3)C2)cc1. The van der Waals surface area contributed by atoms with Crippen molar-refractivity contribution in [2.24, 2.45) is 5.10 Å². The highest BCUT2D eigenvalue weighted by molar-refractivity contribution is 7.92. The van der Waals surface area contributed by atoms with Crippen LogP contribution in [0, 0.1) is 0 Å². The van der Waals surface area contributed by atoms with Gasteiger partial charge in [0.25, 0.3) is 10.0 Å². The molecule has 4 rings (SSSR count). The monoisotopic (exact) mass is 489 g/mol. The fourth-order valence-electron chi connectivity index (χ4n) is 3.49. The summed E-state index contributed by atoms with van der Waals surface area (Å²) in [6, 6.07) is 21.5. The number of nitrogens with one attached hydrogen (secondary N) is 1. The van der Waals surface area contributed by atoms with Crippen molar-refractivity contribution in [3.63, 3.8) is 0 Å². The van der Waals surface area contributed by atoms with E-state index in [2.05, 4.69) is 9.82 Å². The lowest BCUT2D eigenvalue weighted by atomic mass is 9.99. The maximum atomic E-state index is 13.4. The molecule has 10 heteroatoms. The molecule has 1 aliphatic heterocycles. The van der Waals surface area contributed by atoms with E-state index in [1.165, 1.54) is 12.1 Å². The predicted octanol–water partition coefficient (Wildman–Crippen LogP) is 4.25. The molecule has 7 nitrogen and oxygen atoms in total. The standard InChI is InChI=1S/C22H20ClN3O4S2/c1-31(27,28)25-19-12-10-16(11-13-19)21-15-22(17-6-3-2-4-7-17)26(24-21)32(29,30)20-9-5-8-18(23)14-20/h2-14,22,25H,15H2,1H3. The van der Waals surface area contributed by atoms with Gasteiger partial charge in [-0.3, -0.25) is 4.72 Å². The molecule has 1 N–H and O–H groups in total. The lowest BCUT2D eigenvalue weighted by Crippen LogP contribution is -2.27. The molecule has 0 spiro atoms. The van der Waals surface area contributed by atoms with Crippen molar-refractivity contribution in [2.45, 2.75) is 17.4 Å². The van der Waals surface area contributed by atoms with Crippen LogP contribution in [0.1, 0.15) is 23.6 Å². The van der Waals surface area contributed by atoms with Crippen LogP contribution in [0.3, 0.4) is 0 Å². The van der Waals surface area contributed by atoms with Gasteiger partial charge in [0.2, 0.25) is 10.0 Å². The number of nitrogens with zero attached hydrogens (tertiary/aromatic N) is 2. The Morgan fingerprint density at radius 2 is 1.62 bits per heavy atom. The molecule has 3 aromatic rings. The number of hydrazone groups is 1. The highest BCUT2D eigenvalue weighted by Crippen LogP contribution is 2.37. The number of hydrogen-bond donors (Lipinski definition) is 1. The van der Waals surface area contributed by atoms with E-state index in [-0.39, 0.29) is 4.90 Å². The van der Waals surface area contributed by atoms with Crippen molar-refractivity contribution < 1.29 is 16.8 Å². The van der Waals surface area contributed by atoms with E-state index in [9.17, 15) is 16.8 Å². The number of rotatable bonds is 6. The minimum Gasteiger partial charge on any atom is -0.284 e. The average Bonchev–Trinajstić information content (AvgIpc) is 3.20. The molecule has 0 saturated heterocycles. The highest BCUT2D eigenvalue weighted by Gasteiger charge is 2.37. The Morgan fingerprint density at radius 3 is 2.25 bits per heavy atom. The molecule has 0 amide bonds. The zero-order valence-electron chi connectivity index (χ0n) is 17.0. The molecule has 32 heavy (non-hydrogen) atoms. The summed E-state index contributed by atoms with van der Waals surface area (Å²) in [4.78, 5) is 0.0589. The molecule has 0 radical (unpaired) electrons. The van der Waals surface area contributed by atoms with Gasteiger partial charge < -0.3 is 0 Å². The molecule has 1 atom stereocenters. The van der Waals surface area contributed by atoms with Crippen LogP contribution in [0.25, 0.3) is 0 Å². The Kier molecular flexibility index (Phi) is 5.98. The summed E-state index contributed by atoms with van der Waals surface area (Å²) in [5, 5.41) is 4.80. The molecule has 166 valence electrons. The number of sulfonamides is 2. The first kappa shape index (κ1) is 22.3. The first-order valence-electron chi connectivity index (χ1n) is 9.64. The Morgan fingerprint density at radius 1 is 0.938 bits per heavy atom. The van der Waals surface area contributed by atoms with Crippen molar-refractivity contribution in [2.75, 3.05) is 11.0 Å². The van der Waals surface area contributed by atoms with Crippen LogP contribution in [0.2, 0.25) is 5.02 Å². The lowest BCUT2D eigenvalue weighted by molar-refractivity contribution is 0.371. The third-order valence-corrected chi connectivity index (χ3v) is 7.44. The molecule has 0 aromatic heterocycles. The Balaban J connectivity index is 1.73. The summed E-state index contributed by atoms with van der Waals surface area (Å²) >= 11 is 6.03. The van der Waals surface area contributed by atoms with Crippen molar-refractivity contribution in [1.82, 2.24) is 4.41 Å². The van der Waals surface area contributed by atoms with Gasteiger partial charge in [0, 0.05) is 17.1 Å². The summed E-state index contributed by atoms with van der Waals surface area (Å²) in [6.07, 6.45) is 1.44. The first-order chi connectivity index (χ1) is 15.1. The Bertz CT molecular complexity index is 1370. The summed E-state index contributed by atoms with van der Waals surface area (Å²) in [5.74, 6) is 0. The fourth-order valence-corrected chi connectivity index (χ4v) is 5.79. The number of anilines is 1. The summed E-state index contributed by atoms with van der Waals surface area (Å²) in [6.45, 7) is 0. The number of halogens is 1. The van der Waals surface area contributed by atoms with Gasteiger partial charge in [0.15, 0.2) is 0 Å². The average molecular weight is 490 g/mol. The van der Waals surface area contributed by atoms with Gasteiger partial charge in [-0.15, -0.1) is 0 Å². The molecule has 0 saturated carbocycles. The van der Waals surface area contributed by atoms with E-state index < -0.39 is 26.1 Å². The summed E-state index contributed by atoms with van der Waals surface area (Å²) in [5.41, 5.74) is 2.51. The van der Waals surface area contributed by atoms with Crippen LogP contribution < -0.4 is 4.72 Å². The number of hydrogen-bond acceptors (Lipinski definition) is 5. The molecular formula is C22H20ClN3O4S2. The lowest BCUT2D eigenvalue weighted by Gasteiger charge is -2.23. The van der Waals surface area contributed by atoms with E-state index in [0.717, 1.165) is 16.2 Å². The second kappa shape index (κ2) is 8.57. The normalized spacial score (nSPS) is 16.6. The summed E-state index contributed by atoms with van der Waals surface area (Å²) < 4.78 is 53.3. The van der Waals surface area contributed by atoms with Crippen LogP contribution in [0.4, 0.5) is 5.69 Å². The highest BCUT2D eigenvalue weighted by atomic mass is 35.5. The second-order valence-electron chi connectivity index (χ2n) is 7.36.